The quantitative estimate of drug-likeness (QED) is 0.379. The van der Waals surface area contributed by atoms with Crippen LogP contribution in [0.15, 0.2) is 40.9 Å². The number of fused-ring (bicyclic) bond motifs is 1. The molecule has 2 aromatic carbocycles. The number of anilines is 2. The number of imidazole rings is 1. The summed E-state index contributed by atoms with van der Waals surface area (Å²) in [5.74, 6) is -0.284. The topological polar surface area (TPSA) is 50.2 Å². The summed E-state index contributed by atoms with van der Waals surface area (Å²) in [6.45, 7) is 1.83. The minimum Gasteiger partial charge on any atom is -0.371 e. The summed E-state index contributed by atoms with van der Waals surface area (Å²) in [6, 6.07) is 10.9. The fourth-order valence-electron chi connectivity index (χ4n) is 5.36. The van der Waals surface area contributed by atoms with Crippen LogP contribution < -0.4 is 10.2 Å². The highest BCUT2D eigenvalue weighted by Gasteiger charge is 2.44. The van der Waals surface area contributed by atoms with Gasteiger partial charge in [-0.1, -0.05) is 22.0 Å². The molecule has 0 radical (unpaired) electrons. The van der Waals surface area contributed by atoms with Gasteiger partial charge in [0, 0.05) is 23.6 Å². The van der Waals surface area contributed by atoms with E-state index < -0.39 is 12.6 Å². The van der Waals surface area contributed by atoms with Crippen LogP contribution in [-0.4, -0.2) is 34.7 Å². The summed E-state index contributed by atoms with van der Waals surface area (Å²) in [6.07, 6.45) is 1.14. The van der Waals surface area contributed by atoms with Crippen molar-refractivity contribution < 1.29 is 18.0 Å². The van der Waals surface area contributed by atoms with E-state index in [0.29, 0.717) is 27.7 Å². The molecule has 3 aliphatic rings. The Balaban J connectivity index is 1.32. The van der Waals surface area contributed by atoms with Gasteiger partial charge in [0.15, 0.2) is 0 Å². The molecule has 0 bridgehead atoms. The third-order valence-corrected chi connectivity index (χ3v) is 8.13. The average Bonchev–Trinajstić information content (AvgIpc) is 3.73. The van der Waals surface area contributed by atoms with Gasteiger partial charge < -0.3 is 14.8 Å². The van der Waals surface area contributed by atoms with E-state index in [-0.39, 0.29) is 17.8 Å². The van der Waals surface area contributed by atoms with Crippen molar-refractivity contribution in [1.29, 1.82) is 0 Å². The van der Waals surface area contributed by atoms with Crippen molar-refractivity contribution in [3.05, 3.63) is 52.3 Å². The number of piperidine rings is 1. The Morgan fingerprint density at radius 3 is 2.51 bits per heavy atom. The molecule has 2 heterocycles. The fraction of sp³-hybridized carbons (Fsp3) is 0.462. The maximum absolute atomic E-state index is 13.5. The number of hydrogen-bond acceptors (Lipinski definition) is 3. The SMILES string of the molecule is O=C(Nc1cccc2c1nc(CC(F)(F)F)n2C1CC1)c1ccc(Br)cc1N1CCC2(CC1)CC2. The number of carbonyl (C=O) groups is 1. The highest BCUT2D eigenvalue weighted by atomic mass is 79.9. The average molecular weight is 547 g/mol. The molecule has 2 saturated carbocycles. The molecule has 2 aliphatic carbocycles. The highest BCUT2D eigenvalue weighted by Crippen LogP contribution is 2.54. The Morgan fingerprint density at radius 2 is 1.86 bits per heavy atom. The Labute approximate surface area is 209 Å². The van der Waals surface area contributed by atoms with Gasteiger partial charge in [-0.2, -0.15) is 13.2 Å². The van der Waals surface area contributed by atoms with Gasteiger partial charge in [-0.15, -0.1) is 0 Å². The molecule has 1 aromatic heterocycles. The second-order valence-electron chi connectivity index (χ2n) is 10.2. The molecule has 0 atom stereocenters. The van der Waals surface area contributed by atoms with E-state index in [4.69, 9.17) is 0 Å². The summed E-state index contributed by atoms with van der Waals surface area (Å²) in [5.41, 5.74) is 3.41. The molecule has 184 valence electrons. The van der Waals surface area contributed by atoms with E-state index in [1.165, 1.54) is 12.8 Å². The number of hydrogen-bond donors (Lipinski definition) is 1. The lowest BCUT2D eigenvalue weighted by Crippen LogP contribution is -2.35. The summed E-state index contributed by atoms with van der Waals surface area (Å²) in [7, 11) is 0. The molecule has 1 amide bonds. The van der Waals surface area contributed by atoms with Crippen LogP contribution in [0.5, 0.6) is 0 Å². The standard InChI is InChI=1S/C26H26BrF3N4O/c27-16-4-7-18(21(14-16)33-12-10-25(8-9-25)11-13-33)24(35)31-19-2-1-3-20-23(19)32-22(15-26(28,29)30)34(20)17-5-6-17/h1-4,7,14,17H,5-6,8-13,15H2,(H,31,35). The van der Waals surface area contributed by atoms with Crippen LogP contribution in [0.25, 0.3) is 11.0 Å². The van der Waals surface area contributed by atoms with Gasteiger partial charge in [-0.25, -0.2) is 4.98 Å². The van der Waals surface area contributed by atoms with E-state index in [2.05, 4.69) is 31.1 Å². The monoisotopic (exact) mass is 546 g/mol. The van der Waals surface area contributed by atoms with Gasteiger partial charge >= 0.3 is 6.18 Å². The normalized spacial score (nSPS) is 19.4. The van der Waals surface area contributed by atoms with E-state index in [0.717, 1.165) is 48.9 Å². The van der Waals surface area contributed by atoms with Gasteiger partial charge in [0.05, 0.1) is 22.5 Å². The molecular formula is C26H26BrF3N4O. The summed E-state index contributed by atoms with van der Waals surface area (Å²) >= 11 is 3.54. The molecule has 1 spiro atoms. The predicted octanol–water partition coefficient (Wildman–Crippen LogP) is 6.87. The first kappa shape index (κ1) is 22.9. The van der Waals surface area contributed by atoms with Crippen molar-refractivity contribution in [2.75, 3.05) is 23.3 Å². The molecule has 9 heteroatoms. The minimum atomic E-state index is -4.35. The molecule has 35 heavy (non-hydrogen) atoms. The number of aromatic nitrogens is 2. The van der Waals surface area contributed by atoms with Gasteiger partial charge in [-0.3, -0.25) is 4.79 Å². The zero-order valence-electron chi connectivity index (χ0n) is 19.2. The third-order valence-electron chi connectivity index (χ3n) is 7.64. The first-order chi connectivity index (χ1) is 16.7. The van der Waals surface area contributed by atoms with Crippen molar-refractivity contribution in [3.8, 4) is 0 Å². The van der Waals surface area contributed by atoms with Gasteiger partial charge in [0.1, 0.15) is 17.8 Å². The van der Waals surface area contributed by atoms with Gasteiger partial charge in [0.25, 0.3) is 5.91 Å². The van der Waals surface area contributed by atoms with Crippen LogP contribution in [0.1, 0.15) is 60.7 Å². The smallest absolute Gasteiger partial charge is 0.371 e. The summed E-state index contributed by atoms with van der Waals surface area (Å²) < 4.78 is 42.3. The lowest BCUT2D eigenvalue weighted by molar-refractivity contribution is -0.128. The fourth-order valence-corrected chi connectivity index (χ4v) is 5.71. The van der Waals surface area contributed by atoms with E-state index in [1.54, 1.807) is 28.8 Å². The molecule has 5 nitrogen and oxygen atoms in total. The van der Waals surface area contributed by atoms with Crippen LogP contribution in [-0.2, 0) is 6.42 Å². The van der Waals surface area contributed by atoms with Crippen molar-refractivity contribution in [1.82, 2.24) is 9.55 Å². The molecule has 1 saturated heterocycles. The Hall–Kier alpha value is -2.55. The molecule has 6 rings (SSSR count). The van der Waals surface area contributed by atoms with E-state index in [1.807, 2.05) is 12.1 Å². The van der Waals surface area contributed by atoms with Gasteiger partial charge in [-0.05, 0) is 74.3 Å². The second-order valence-corrected chi connectivity index (χ2v) is 11.1. The Morgan fingerprint density at radius 1 is 1.11 bits per heavy atom. The van der Waals surface area contributed by atoms with Gasteiger partial charge in [0.2, 0.25) is 0 Å². The number of benzene rings is 2. The largest absolute Gasteiger partial charge is 0.396 e. The number of nitrogens with zero attached hydrogens (tertiary/aromatic N) is 3. The number of alkyl halides is 3. The summed E-state index contributed by atoms with van der Waals surface area (Å²) in [5, 5.41) is 2.95. The zero-order valence-corrected chi connectivity index (χ0v) is 20.8. The van der Waals surface area contributed by atoms with Crippen LogP contribution in [0.3, 0.4) is 0 Å². The molecule has 3 aromatic rings. The first-order valence-corrected chi connectivity index (χ1v) is 12.9. The molecule has 3 fully saturated rings. The predicted molar refractivity (Wildman–Crippen MR) is 133 cm³/mol. The Bertz CT molecular complexity index is 1300. The molecule has 1 N–H and O–H groups in total. The Kier molecular flexibility index (Phi) is 5.39. The molecular weight excluding hydrogens is 521 g/mol. The maximum Gasteiger partial charge on any atom is 0.396 e. The summed E-state index contributed by atoms with van der Waals surface area (Å²) in [4.78, 5) is 20.1. The highest BCUT2D eigenvalue weighted by molar-refractivity contribution is 9.10. The first-order valence-electron chi connectivity index (χ1n) is 12.1. The van der Waals surface area contributed by atoms with Crippen LogP contribution in [0, 0.1) is 5.41 Å². The number of nitrogens with one attached hydrogen (secondary N) is 1. The number of halogens is 4. The second kappa shape index (κ2) is 8.25. The number of carbonyl (C=O) groups excluding carboxylic acids is 1. The zero-order chi connectivity index (χ0) is 24.4. The van der Waals surface area contributed by atoms with Crippen molar-refractivity contribution in [3.63, 3.8) is 0 Å². The number of rotatable bonds is 5. The van der Waals surface area contributed by atoms with Crippen molar-refractivity contribution >= 4 is 44.2 Å². The van der Waals surface area contributed by atoms with E-state index >= 15 is 0 Å². The van der Waals surface area contributed by atoms with Crippen molar-refractivity contribution in [2.45, 2.75) is 57.2 Å². The minimum absolute atomic E-state index is 0.00310. The van der Waals surface area contributed by atoms with Crippen LogP contribution in [0.4, 0.5) is 24.5 Å². The van der Waals surface area contributed by atoms with Crippen LogP contribution in [0.2, 0.25) is 0 Å². The maximum atomic E-state index is 13.5. The lowest BCUT2D eigenvalue weighted by atomic mass is 9.93. The van der Waals surface area contributed by atoms with Crippen LogP contribution >= 0.6 is 15.9 Å². The molecule has 1 aliphatic heterocycles. The lowest BCUT2D eigenvalue weighted by Gasteiger charge is -2.35. The third kappa shape index (κ3) is 4.55. The van der Waals surface area contributed by atoms with E-state index in [9.17, 15) is 18.0 Å². The van der Waals surface area contributed by atoms with Crippen molar-refractivity contribution in [2.24, 2.45) is 5.41 Å². The number of amides is 1. The molecule has 0 unspecified atom stereocenters. The number of para-hydroxylation sites is 1.